The number of carboxylic acids is 1. The highest BCUT2D eigenvalue weighted by molar-refractivity contribution is 7.80. The summed E-state index contributed by atoms with van der Waals surface area (Å²) >= 11 is 5.23. The van der Waals surface area contributed by atoms with Crippen LogP contribution in [0.5, 0.6) is 0 Å². The topological polar surface area (TPSA) is 73.7 Å². The van der Waals surface area contributed by atoms with Crippen LogP contribution in [0.3, 0.4) is 0 Å². The fourth-order valence-electron chi connectivity index (χ4n) is 2.56. The Balaban J connectivity index is 1.82. The first-order valence-corrected chi connectivity index (χ1v) is 7.99. The average Bonchev–Trinajstić information content (AvgIpc) is 2.76. The van der Waals surface area contributed by atoms with E-state index in [-0.39, 0.29) is 5.56 Å². The zero-order valence-electron chi connectivity index (χ0n) is 12.4. The molecular weight excluding hydrogens is 298 g/mol. The van der Waals surface area contributed by atoms with E-state index in [2.05, 4.69) is 15.8 Å². The molecule has 1 aliphatic carbocycles. The molecule has 1 aromatic rings. The summed E-state index contributed by atoms with van der Waals surface area (Å²) in [6, 6.07) is 7.01. The Morgan fingerprint density at radius 1 is 1.27 bits per heavy atom. The van der Waals surface area contributed by atoms with Crippen LogP contribution in [0.25, 0.3) is 0 Å². The third-order valence-corrected chi connectivity index (χ3v) is 3.91. The van der Waals surface area contributed by atoms with Crippen molar-refractivity contribution in [2.24, 2.45) is 5.10 Å². The zero-order chi connectivity index (χ0) is 15.8. The van der Waals surface area contributed by atoms with Crippen molar-refractivity contribution in [3.63, 3.8) is 0 Å². The quantitative estimate of drug-likeness (QED) is 0.344. The Morgan fingerprint density at radius 2 is 2.00 bits per heavy atom. The van der Waals surface area contributed by atoms with E-state index in [1.165, 1.54) is 25.7 Å². The molecule has 1 saturated carbocycles. The fourth-order valence-corrected chi connectivity index (χ4v) is 2.78. The average molecular weight is 319 g/mol. The van der Waals surface area contributed by atoms with Crippen molar-refractivity contribution in [2.45, 2.75) is 44.6 Å². The van der Waals surface area contributed by atoms with Crippen LogP contribution >= 0.6 is 12.2 Å². The summed E-state index contributed by atoms with van der Waals surface area (Å²) < 4.78 is 0. The monoisotopic (exact) mass is 319 g/mol. The summed E-state index contributed by atoms with van der Waals surface area (Å²) in [5.74, 6) is -0.950. The number of carbonyl (C=O) groups is 1. The Hall–Kier alpha value is -1.95. The maximum Gasteiger partial charge on any atom is 0.335 e. The molecule has 118 valence electrons. The van der Waals surface area contributed by atoms with Crippen molar-refractivity contribution in [1.82, 2.24) is 10.7 Å². The summed E-state index contributed by atoms with van der Waals surface area (Å²) in [4.78, 5) is 10.9. The summed E-state index contributed by atoms with van der Waals surface area (Å²) in [7, 11) is 0. The lowest BCUT2D eigenvalue weighted by molar-refractivity contribution is 0.0697. The van der Waals surface area contributed by atoms with Crippen molar-refractivity contribution in [3.05, 3.63) is 35.4 Å². The van der Waals surface area contributed by atoms with Crippen LogP contribution in [0, 0.1) is 0 Å². The van der Waals surface area contributed by atoms with Crippen molar-refractivity contribution in [2.75, 3.05) is 0 Å². The lowest BCUT2D eigenvalue weighted by Crippen LogP contribution is -2.39. The fraction of sp³-hybridized carbons (Fsp3) is 0.438. The van der Waals surface area contributed by atoms with E-state index >= 15 is 0 Å². The maximum atomic E-state index is 10.9. The van der Waals surface area contributed by atoms with Crippen LogP contribution in [0.4, 0.5) is 0 Å². The van der Waals surface area contributed by atoms with Gasteiger partial charge in [0.15, 0.2) is 5.11 Å². The molecule has 0 aliphatic heterocycles. The molecule has 1 aromatic carbocycles. The van der Waals surface area contributed by atoms with Crippen LogP contribution in [-0.4, -0.2) is 28.4 Å². The van der Waals surface area contributed by atoms with Gasteiger partial charge in [-0.15, -0.1) is 0 Å². The van der Waals surface area contributed by atoms with E-state index < -0.39 is 5.97 Å². The van der Waals surface area contributed by atoms with Gasteiger partial charge in [-0.05, 0) is 42.8 Å². The molecule has 1 fully saturated rings. The zero-order valence-corrected chi connectivity index (χ0v) is 13.2. The normalized spacial score (nSPS) is 16.2. The summed E-state index contributed by atoms with van der Waals surface area (Å²) in [5.41, 5.74) is 3.74. The van der Waals surface area contributed by atoms with Crippen LogP contribution < -0.4 is 10.7 Å². The van der Waals surface area contributed by atoms with Gasteiger partial charge in [0.1, 0.15) is 0 Å². The Morgan fingerprint density at radius 3 is 2.68 bits per heavy atom. The number of hydrogen-bond donors (Lipinski definition) is 3. The molecule has 0 aromatic heterocycles. The van der Waals surface area contributed by atoms with Crippen LogP contribution in [0.1, 0.15) is 54.4 Å². The molecular formula is C16H21N3O2S. The Labute approximate surface area is 135 Å². The van der Waals surface area contributed by atoms with Crippen molar-refractivity contribution < 1.29 is 9.90 Å². The van der Waals surface area contributed by atoms with Gasteiger partial charge in [0, 0.05) is 6.04 Å². The third kappa shape index (κ3) is 5.44. The molecule has 0 bridgehead atoms. The van der Waals surface area contributed by atoms with Gasteiger partial charge in [0.25, 0.3) is 0 Å². The van der Waals surface area contributed by atoms with E-state index in [0.717, 1.165) is 12.8 Å². The molecule has 0 amide bonds. The standard InChI is InChI=1S/C16H21N3O2S/c20-15(21)13-7-5-6-12(10-13)11-17-19-16(22)18-14-8-3-1-2-4-9-14/h5-7,10-11,14H,1-4,8-9H2,(H,20,21)(H2,18,19,22)/b17-11+. The highest BCUT2D eigenvalue weighted by Crippen LogP contribution is 2.16. The van der Waals surface area contributed by atoms with Crippen molar-refractivity contribution >= 4 is 29.5 Å². The Bertz CT molecular complexity index is 552. The number of carboxylic acid groups (broad SMARTS) is 1. The van der Waals surface area contributed by atoms with Crippen molar-refractivity contribution in [3.8, 4) is 0 Å². The predicted molar refractivity (Wildman–Crippen MR) is 91.4 cm³/mol. The highest BCUT2D eigenvalue weighted by atomic mass is 32.1. The number of benzene rings is 1. The molecule has 0 atom stereocenters. The van der Waals surface area contributed by atoms with Crippen LogP contribution in [0.15, 0.2) is 29.4 Å². The molecule has 0 unspecified atom stereocenters. The van der Waals surface area contributed by atoms with E-state index in [1.54, 1.807) is 30.5 Å². The second-order valence-electron chi connectivity index (χ2n) is 5.46. The molecule has 22 heavy (non-hydrogen) atoms. The van der Waals surface area contributed by atoms with Gasteiger partial charge in [-0.25, -0.2) is 4.79 Å². The SMILES string of the molecule is O=C(O)c1cccc(/C=N/NC(=S)NC2CCCCCC2)c1. The number of rotatable bonds is 4. The number of hydrazone groups is 1. The molecule has 1 aliphatic rings. The second kappa shape index (κ2) is 8.48. The lowest BCUT2D eigenvalue weighted by Gasteiger charge is -2.17. The smallest absolute Gasteiger partial charge is 0.335 e. The van der Waals surface area contributed by atoms with E-state index in [9.17, 15) is 4.79 Å². The van der Waals surface area contributed by atoms with Gasteiger partial charge in [-0.3, -0.25) is 5.43 Å². The van der Waals surface area contributed by atoms with Gasteiger partial charge >= 0.3 is 5.97 Å². The number of thiocarbonyl (C=S) groups is 1. The maximum absolute atomic E-state index is 10.9. The van der Waals surface area contributed by atoms with Crippen LogP contribution in [0.2, 0.25) is 0 Å². The number of aromatic carboxylic acids is 1. The van der Waals surface area contributed by atoms with E-state index in [4.69, 9.17) is 17.3 Å². The predicted octanol–water partition coefficient (Wildman–Crippen LogP) is 2.91. The lowest BCUT2D eigenvalue weighted by atomic mass is 10.1. The molecule has 0 spiro atoms. The van der Waals surface area contributed by atoms with Gasteiger partial charge in [0.2, 0.25) is 0 Å². The first-order valence-electron chi connectivity index (χ1n) is 7.58. The van der Waals surface area contributed by atoms with Gasteiger partial charge in [0.05, 0.1) is 11.8 Å². The molecule has 5 nitrogen and oxygen atoms in total. The number of hydrogen-bond acceptors (Lipinski definition) is 3. The minimum absolute atomic E-state index is 0.239. The highest BCUT2D eigenvalue weighted by Gasteiger charge is 2.12. The Kier molecular flexibility index (Phi) is 6.33. The minimum atomic E-state index is -0.950. The molecule has 6 heteroatoms. The van der Waals surface area contributed by atoms with E-state index in [0.29, 0.717) is 16.7 Å². The second-order valence-corrected chi connectivity index (χ2v) is 5.87. The van der Waals surface area contributed by atoms with Crippen LogP contribution in [-0.2, 0) is 0 Å². The first-order chi connectivity index (χ1) is 10.6. The van der Waals surface area contributed by atoms with Gasteiger partial charge < -0.3 is 10.4 Å². The van der Waals surface area contributed by atoms with Gasteiger partial charge in [-0.1, -0.05) is 37.8 Å². The van der Waals surface area contributed by atoms with Gasteiger partial charge in [-0.2, -0.15) is 5.10 Å². The molecule has 0 saturated heterocycles. The molecule has 0 radical (unpaired) electrons. The molecule has 0 heterocycles. The first kappa shape index (κ1) is 16.4. The summed E-state index contributed by atoms with van der Waals surface area (Å²) in [6.07, 6.45) is 8.94. The number of nitrogens with zero attached hydrogens (tertiary/aromatic N) is 1. The van der Waals surface area contributed by atoms with Crippen molar-refractivity contribution in [1.29, 1.82) is 0 Å². The third-order valence-electron chi connectivity index (χ3n) is 3.70. The summed E-state index contributed by atoms with van der Waals surface area (Å²) in [5, 5.41) is 16.8. The number of nitrogens with one attached hydrogen (secondary N) is 2. The molecule has 2 rings (SSSR count). The largest absolute Gasteiger partial charge is 0.478 e. The minimum Gasteiger partial charge on any atom is -0.478 e. The molecule has 3 N–H and O–H groups in total. The summed E-state index contributed by atoms with van der Waals surface area (Å²) in [6.45, 7) is 0. The van der Waals surface area contributed by atoms with E-state index in [1.807, 2.05) is 0 Å².